The number of aryl methyl sites for hydroxylation is 1. The minimum Gasteiger partial charge on any atom is -0.409 e. The van der Waals surface area contributed by atoms with Gasteiger partial charge in [-0.2, -0.15) is 0 Å². The molecule has 0 amide bonds. The Morgan fingerprint density at radius 3 is 2.61 bits per heavy atom. The van der Waals surface area contributed by atoms with Gasteiger partial charge in [-0.05, 0) is 43.0 Å². The highest BCUT2D eigenvalue weighted by Gasteiger charge is 2.07. The lowest BCUT2D eigenvalue weighted by atomic mass is 10.1. The normalized spacial score (nSPS) is 11.9. The molecule has 4 nitrogen and oxygen atoms in total. The quantitative estimate of drug-likeness (QED) is 0.365. The minimum atomic E-state index is 0.156. The molecule has 0 unspecified atom stereocenters. The molecular weight excluding hydrogens is 226 g/mol. The molecule has 100 valence electrons. The second-order valence-electron chi connectivity index (χ2n) is 5.09. The van der Waals surface area contributed by atoms with E-state index in [-0.39, 0.29) is 5.84 Å². The van der Waals surface area contributed by atoms with Crippen molar-refractivity contribution in [2.24, 2.45) is 16.8 Å². The van der Waals surface area contributed by atoms with Crippen LogP contribution in [0, 0.1) is 12.8 Å². The molecule has 1 aromatic rings. The van der Waals surface area contributed by atoms with Crippen LogP contribution < -0.4 is 10.6 Å². The number of benzene rings is 1. The van der Waals surface area contributed by atoms with Crippen molar-refractivity contribution in [1.82, 2.24) is 0 Å². The van der Waals surface area contributed by atoms with Crippen molar-refractivity contribution < 1.29 is 5.21 Å². The van der Waals surface area contributed by atoms with Crippen molar-refractivity contribution in [3.8, 4) is 0 Å². The summed E-state index contributed by atoms with van der Waals surface area (Å²) in [4.78, 5) is 2.23. The van der Waals surface area contributed by atoms with Crippen LogP contribution in [0.25, 0.3) is 0 Å². The van der Waals surface area contributed by atoms with Gasteiger partial charge < -0.3 is 15.8 Å². The lowest BCUT2D eigenvalue weighted by Gasteiger charge is -2.21. The molecule has 18 heavy (non-hydrogen) atoms. The van der Waals surface area contributed by atoms with Crippen molar-refractivity contribution >= 4 is 11.5 Å². The fraction of sp³-hybridized carbons (Fsp3) is 0.500. The maximum Gasteiger partial charge on any atom is 0.170 e. The summed E-state index contributed by atoms with van der Waals surface area (Å²) in [6.07, 6.45) is 1.16. The van der Waals surface area contributed by atoms with Crippen LogP contribution >= 0.6 is 0 Å². The monoisotopic (exact) mass is 249 g/mol. The molecule has 3 N–H and O–H groups in total. The number of amidine groups is 1. The second kappa shape index (κ2) is 6.28. The molecule has 0 saturated carbocycles. The van der Waals surface area contributed by atoms with Crippen LogP contribution in [0.4, 0.5) is 5.69 Å². The number of nitrogens with zero attached hydrogens (tertiary/aromatic N) is 2. The molecule has 0 aliphatic rings. The SMILES string of the molecule is Cc1cc(N(C)CCC(C)C)ccc1/C(N)=N/O. The average molecular weight is 249 g/mol. The van der Waals surface area contributed by atoms with E-state index < -0.39 is 0 Å². The first-order valence-electron chi connectivity index (χ1n) is 6.25. The molecule has 0 bridgehead atoms. The van der Waals surface area contributed by atoms with Crippen molar-refractivity contribution in [2.75, 3.05) is 18.5 Å². The van der Waals surface area contributed by atoms with E-state index in [1.54, 1.807) is 0 Å². The third kappa shape index (κ3) is 3.65. The Morgan fingerprint density at radius 1 is 1.44 bits per heavy atom. The van der Waals surface area contributed by atoms with Crippen LogP contribution in [0.2, 0.25) is 0 Å². The topological polar surface area (TPSA) is 61.8 Å². The largest absolute Gasteiger partial charge is 0.409 e. The predicted octanol–water partition coefficient (Wildman–Crippen LogP) is 2.57. The molecular formula is C14H23N3O. The van der Waals surface area contributed by atoms with Crippen molar-refractivity contribution in [1.29, 1.82) is 0 Å². The molecule has 1 aromatic carbocycles. The molecule has 0 radical (unpaired) electrons. The molecule has 0 atom stereocenters. The van der Waals surface area contributed by atoms with Gasteiger partial charge in [0.1, 0.15) is 0 Å². The van der Waals surface area contributed by atoms with Gasteiger partial charge in [0.2, 0.25) is 0 Å². The number of rotatable bonds is 5. The zero-order chi connectivity index (χ0) is 13.7. The molecule has 0 saturated heterocycles. The smallest absolute Gasteiger partial charge is 0.170 e. The maximum atomic E-state index is 8.69. The predicted molar refractivity (Wildman–Crippen MR) is 76.4 cm³/mol. The van der Waals surface area contributed by atoms with Gasteiger partial charge in [-0.3, -0.25) is 0 Å². The Hall–Kier alpha value is -1.71. The standard InChI is InChI=1S/C14H23N3O/c1-10(2)7-8-17(4)12-5-6-13(11(3)9-12)14(15)16-18/h5-6,9-10,18H,7-8H2,1-4H3,(H2,15,16). The van der Waals surface area contributed by atoms with Crippen molar-refractivity contribution in [3.63, 3.8) is 0 Å². The number of nitrogens with two attached hydrogens (primary N) is 1. The summed E-state index contributed by atoms with van der Waals surface area (Å²) in [6, 6.07) is 5.96. The summed E-state index contributed by atoms with van der Waals surface area (Å²) in [7, 11) is 2.08. The Bertz CT molecular complexity index is 427. The van der Waals surface area contributed by atoms with E-state index in [0.29, 0.717) is 5.92 Å². The van der Waals surface area contributed by atoms with Gasteiger partial charge >= 0.3 is 0 Å². The Labute approximate surface area is 109 Å². The van der Waals surface area contributed by atoms with Gasteiger partial charge in [-0.1, -0.05) is 19.0 Å². The van der Waals surface area contributed by atoms with Crippen molar-refractivity contribution in [2.45, 2.75) is 27.2 Å². The third-order valence-corrected chi connectivity index (χ3v) is 3.08. The van der Waals surface area contributed by atoms with Crippen LogP contribution in [-0.2, 0) is 0 Å². The molecule has 0 aliphatic heterocycles. The molecule has 0 spiro atoms. The van der Waals surface area contributed by atoms with Gasteiger partial charge in [0.15, 0.2) is 5.84 Å². The van der Waals surface area contributed by atoms with E-state index in [9.17, 15) is 0 Å². The highest BCUT2D eigenvalue weighted by Crippen LogP contribution is 2.19. The Kier molecular flexibility index (Phi) is 5.01. The highest BCUT2D eigenvalue weighted by atomic mass is 16.4. The highest BCUT2D eigenvalue weighted by molar-refractivity contribution is 5.98. The molecule has 0 aliphatic carbocycles. The zero-order valence-electron chi connectivity index (χ0n) is 11.6. The van der Waals surface area contributed by atoms with Gasteiger partial charge in [0.05, 0.1) is 0 Å². The summed E-state index contributed by atoms with van der Waals surface area (Å²) in [5.74, 6) is 0.855. The van der Waals surface area contributed by atoms with E-state index in [0.717, 1.165) is 29.8 Å². The van der Waals surface area contributed by atoms with E-state index in [4.69, 9.17) is 10.9 Å². The Morgan fingerprint density at radius 2 is 2.11 bits per heavy atom. The van der Waals surface area contributed by atoms with Crippen LogP contribution in [0.5, 0.6) is 0 Å². The van der Waals surface area contributed by atoms with E-state index >= 15 is 0 Å². The minimum absolute atomic E-state index is 0.156. The summed E-state index contributed by atoms with van der Waals surface area (Å²) in [6.45, 7) is 7.44. The number of anilines is 1. The maximum absolute atomic E-state index is 8.69. The summed E-state index contributed by atoms with van der Waals surface area (Å²) in [5, 5.41) is 11.7. The van der Waals surface area contributed by atoms with Gasteiger partial charge in [-0.25, -0.2) is 0 Å². The van der Waals surface area contributed by atoms with Crippen molar-refractivity contribution in [3.05, 3.63) is 29.3 Å². The molecule has 4 heteroatoms. The molecule has 0 aromatic heterocycles. The van der Waals surface area contributed by atoms with E-state index in [1.165, 1.54) is 0 Å². The summed E-state index contributed by atoms with van der Waals surface area (Å²) >= 11 is 0. The van der Waals surface area contributed by atoms with Crippen LogP contribution in [0.15, 0.2) is 23.4 Å². The van der Waals surface area contributed by atoms with Gasteiger partial charge in [-0.15, -0.1) is 0 Å². The second-order valence-corrected chi connectivity index (χ2v) is 5.09. The molecule has 0 heterocycles. The first-order chi connectivity index (χ1) is 8.45. The number of hydrogen-bond acceptors (Lipinski definition) is 3. The van der Waals surface area contributed by atoms with Gasteiger partial charge in [0, 0.05) is 24.8 Å². The summed E-state index contributed by atoms with van der Waals surface area (Å²) < 4.78 is 0. The molecule has 0 fully saturated rings. The lowest BCUT2D eigenvalue weighted by Crippen LogP contribution is -2.21. The fourth-order valence-electron chi connectivity index (χ4n) is 1.81. The van der Waals surface area contributed by atoms with Crippen LogP contribution in [0.3, 0.4) is 0 Å². The number of oxime groups is 1. The first kappa shape index (κ1) is 14.4. The first-order valence-corrected chi connectivity index (χ1v) is 6.25. The van der Waals surface area contributed by atoms with Crippen LogP contribution in [0.1, 0.15) is 31.4 Å². The average Bonchev–Trinajstić information content (AvgIpc) is 2.34. The Balaban J connectivity index is 2.84. The molecule has 1 rings (SSSR count). The van der Waals surface area contributed by atoms with Crippen LogP contribution in [-0.4, -0.2) is 24.6 Å². The van der Waals surface area contributed by atoms with Gasteiger partial charge in [0.25, 0.3) is 0 Å². The fourth-order valence-corrected chi connectivity index (χ4v) is 1.81. The zero-order valence-corrected chi connectivity index (χ0v) is 11.6. The lowest BCUT2D eigenvalue weighted by molar-refractivity contribution is 0.318. The third-order valence-electron chi connectivity index (χ3n) is 3.08. The van der Waals surface area contributed by atoms with E-state index in [1.807, 2.05) is 19.1 Å². The van der Waals surface area contributed by atoms with E-state index in [2.05, 4.69) is 37.0 Å². The number of hydrogen-bond donors (Lipinski definition) is 2. The summed E-state index contributed by atoms with van der Waals surface area (Å²) in [5.41, 5.74) is 8.55.